The van der Waals surface area contributed by atoms with Crippen molar-refractivity contribution in [2.45, 2.75) is 37.9 Å². The van der Waals surface area contributed by atoms with Gasteiger partial charge >= 0.3 is 6.03 Å². The topological polar surface area (TPSA) is 87.7 Å². The maximum Gasteiger partial charge on any atom is 0.319 e. The zero-order chi connectivity index (χ0) is 19.2. The van der Waals surface area contributed by atoms with Crippen LogP contribution in [0.15, 0.2) is 29.2 Å². The van der Waals surface area contributed by atoms with Crippen LogP contribution in [0.1, 0.15) is 20.8 Å². The van der Waals surface area contributed by atoms with Gasteiger partial charge in [-0.25, -0.2) is 13.2 Å². The summed E-state index contributed by atoms with van der Waals surface area (Å²) in [6, 6.07) is 7.12. The van der Waals surface area contributed by atoms with Gasteiger partial charge in [0.1, 0.15) is 0 Å². The van der Waals surface area contributed by atoms with E-state index in [9.17, 15) is 13.2 Å². The summed E-state index contributed by atoms with van der Waals surface area (Å²) in [5.74, 6) is 0.764. The lowest BCUT2D eigenvalue weighted by Gasteiger charge is -2.34. The van der Waals surface area contributed by atoms with Crippen LogP contribution in [0.5, 0.6) is 0 Å². The van der Waals surface area contributed by atoms with E-state index in [0.29, 0.717) is 13.1 Å². The minimum Gasteiger partial charge on any atom is -0.373 e. The largest absolute Gasteiger partial charge is 0.373 e. The number of thioether (sulfide) groups is 1. The molecule has 0 saturated carbocycles. The lowest BCUT2D eigenvalue weighted by molar-refractivity contribution is -0.0440. The van der Waals surface area contributed by atoms with Crippen LogP contribution in [0.2, 0.25) is 0 Å². The third-order valence-electron chi connectivity index (χ3n) is 3.86. The molecule has 1 aromatic rings. The van der Waals surface area contributed by atoms with E-state index in [-0.39, 0.29) is 24.5 Å². The summed E-state index contributed by atoms with van der Waals surface area (Å²) in [7, 11) is -3.43. The summed E-state index contributed by atoms with van der Waals surface area (Å²) in [4.78, 5) is 13.1. The van der Waals surface area contributed by atoms with Crippen LogP contribution in [-0.4, -0.2) is 62.1 Å². The molecule has 1 aromatic carbocycles. The molecule has 0 bridgehead atoms. The first kappa shape index (κ1) is 21.0. The number of urea groups is 1. The molecular formula is C17H27N3O4S2. The van der Waals surface area contributed by atoms with Crippen molar-refractivity contribution in [3.05, 3.63) is 24.3 Å². The Kier molecular flexibility index (Phi) is 7.75. The first-order chi connectivity index (χ1) is 12.3. The standard InChI is InChI=1S/C17H27N3O4S2/c1-4-25-16-8-6-5-7-15(16)19-17(21)18-9-10-26(22,23)20-11-13(2)24-14(3)12-20/h5-8,13-14H,4,9-12H2,1-3H3,(H2,18,19,21)/t13-,14-/m1/s1. The number of benzene rings is 1. The summed E-state index contributed by atoms with van der Waals surface area (Å²) in [5, 5.41) is 5.40. The molecule has 2 rings (SSSR count). The monoisotopic (exact) mass is 401 g/mol. The minimum absolute atomic E-state index is 0.0529. The number of hydrogen-bond donors (Lipinski definition) is 2. The lowest BCUT2D eigenvalue weighted by atomic mass is 10.3. The van der Waals surface area contributed by atoms with E-state index in [4.69, 9.17) is 4.74 Å². The van der Waals surface area contributed by atoms with E-state index in [1.807, 2.05) is 45.0 Å². The van der Waals surface area contributed by atoms with Crippen LogP contribution in [0.4, 0.5) is 10.5 Å². The fourth-order valence-electron chi connectivity index (χ4n) is 2.80. The van der Waals surface area contributed by atoms with E-state index < -0.39 is 16.1 Å². The van der Waals surface area contributed by atoms with Crippen molar-refractivity contribution in [1.82, 2.24) is 9.62 Å². The van der Waals surface area contributed by atoms with Crippen LogP contribution in [0.3, 0.4) is 0 Å². The number of morpholine rings is 1. The van der Waals surface area contributed by atoms with Gasteiger partial charge in [0.05, 0.1) is 23.6 Å². The quantitative estimate of drug-likeness (QED) is 0.685. The minimum atomic E-state index is -3.43. The van der Waals surface area contributed by atoms with Crippen LogP contribution in [0, 0.1) is 0 Å². The van der Waals surface area contributed by atoms with Gasteiger partial charge < -0.3 is 15.4 Å². The number of amides is 2. The Morgan fingerprint density at radius 3 is 2.58 bits per heavy atom. The number of para-hydroxylation sites is 1. The third kappa shape index (κ3) is 6.15. The highest BCUT2D eigenvalue weighted by Crippen LogP contribution is 2.26. The Labute approximate surface area is 159 Å². The van der Waals surface area contributed by atoms with Crippen LogP contribution < -0.4 is 10.6 Å². The van der Waals surface area contributed by atoms with Crippen molar-refractivity contribution in [3.8, 4) is 0 Å². The van der Waals surface area contributed by atoms with Crippen LogP contribution in [-0.2, 0) is 14.8 Å². The van der Waals surface area contributed by atoms with E-state index >= 15 is 0 Å². The van der Waals surface area contributed by atoms with Crippen LogP contribution >= 0.6 is 11.8 Å². The number of carbonyl (C=O) groups excluding carboxylic acids is 1. The van der Waals surface area contributed by atoms with Gasteiger partial charge in [0.25, 0.3) is 0 Å². The van der Waals surface area contributed by atoms with Gasteiger partial charge in [-0.1, -0.05) is 19.1 Å². The number of rotatable bonds is 7. The normalized spacial score (nSPS) is 21.3. The average molecular weight is 402 g/mol. The summed E-state index contributed by atoms with van der Waals surface area (Å²) < 4.78 is 31.9. The van der Waals surface area contributed by atoms with Crippen molar-refractivity contribution in [2.75, 3.05) is 36.5 Å². The summed E-state index contributed by atoms with van der Waals surface area (Å²) in [6.07, 6.45) is -0.255. The Morgan fingerprint density at radius 1 is 1.27 bits per heavy atom. The van der Waals surface area contributed by atoms with E-state index in [1.165, 1.54) is 4.31 Å². The van der Waals surface area contributed by atoms with E-state index in [0.717, 1.165) is 16.3 Å². The molecule has 1 saturated heterocycles. The molecule has 1 heterocycles. The molecule has 9 heteroatoms. The molecule has 26 heavy (non-hydrogen) atoms. The van der Waals surface area contributed by atoms with Crippen molar-refractivity contribution in [2.24, 2.45) is 0 Å². The van der Waals surface area contributed by atoms with Crippen molar-refractivity contribution in [3.63, 3.8) is 0 Å². The highest BCUT2D eigenvalue weighted by atomic mass is 32.2. The lowest BCUT2D eigenvalue weighted by Crippen LogP contribution is -2.49. The van der Waals surface area contributed by atoms with Gasteiger partial charge in [-0.3, -0.25) is 0 Å². The second-order valence-corrected chi connectivity index (χ2v) is 9.59. The molecule has 1 aliphatic heterocycles. The number of ether oxygens (including phenoxy) is 1. The summed E-state index contributed by atoms with van der Waals surface area (Å²) in [5.41, 5.74) is 0.718. The van der Waals surface area contributed by atoms with Crippen LogP contribution in [0.25, 0.3) is 0 Å². The van der Waals surface area contributed by atoms with Crippen molar-refractivity contribution in [1.29, 1.82) is 0 Å². The number of nitrogens with zero attached hydrogens (tertiary/aromatic N) is 1. The van der Waals surface area contributed by atoms with Crippen molar-refractivity contribution < 1.29 is 17.9 Å². The first-order valence-corrected chi connectivity index (χ1v) is 11.3. The summed E-state index contributed by atoms with van der Waals surface area (Å²) in [6.45, 7) is 6.50. The molecule has 0 aromatic heterocycles. The third-order valence-corrected chi connectivity index (χ3v) is 6.62. The van der Waals surface area contributed by atoms with Gasteiger partial charge in [-0.15, -0.1) is 11.8 Å². The maximum atomic E-state index is 12.5. The molecular weight excluding hydrogens is 374 g/mol. The van der Waals surface area contributed by atoms with Crippen molar-refractivity contribution >= 4 is 33.5 Å². The Hall–Kier alpha value is -1.29. The average Bonchev–Trinajstić information content (AvgIpc) is 2.56. The molecule has 2 N–H and O–H groups in total. The molecule has 0 unspecified atom stereocenters. The molecule has 2 amide bonds. The molecule has 0 aliphatic carbocycles. The number of hydrogen-bond acceptors (Lipinski definition) is 5. The zero-order valence-corrected chi connectivity index (χ0v) is 17.0. The highest BCUT2D eigenvalue weighted by molar-refractivity contribution is 7.99. The number of nitrogens with one attached hydrogen (secondary N) is 2. The van der Waals surface area contributed by atoms with E-state index in [1.54, 1.807) is 11.8 Å². The highest BCUT2D eigenvalue weighted by Gasteiger charge is 2.30. The van der Waals surface area contributed by atoms with Gasteiger partial charge in [0.2, 0.25) is 10.0 Å². The Bertz CT molecular complexity index is 702. The molecule has 7 nitrogen and oxygen atoms in total. The second kappa shape index (κ2) is 9.59. The maximum absolute atomic E-state index is 12.5. The molecule has 146 valence electrons. The van der Waals surface area contributed by atoms with Gasteiger partial charge in [0.15, 0.2) is 0 Å². The number of sulfonamides is 1. The van der Waals surface area contributed by atoms with E-state index in [2.05, 4.69) is 10.6 Å². The molecule has 1 aliphatic rings. The SMILES string of the molecule is CCSc1ccccc1NC(=O)NCCS(=O)(=O)N1C[C@@H](C)O[C@H](C)C1. The van der Waals surface area contributed by atoms with Gasteiger partial charge in [-0.2, -0.15) is 4.31 Å². The second-order valence-electron chi connectivity index (χ2n) is 6.20. The van der Waals surface area contributed by atoms with Gasteiger partial charge in [-0.05, 0) is 31.7 Å². The van der Waals surface area contributed by atoms with Gasteiger partial charge in [0, 0.05) is 24.5 Å². The summed E-state index contributed by atoms with van der Waals surface area (Å²) >= 11 is 1.63. The first-order valence-electron chi connectivity index (χ1n) is 8.71. The predicted molar refractivity (Wildman–Crippen MR) is 105 cm³/mol. The predicted octanol–water partition coefficient (Wildman–Crippen LogP) is 2.36. The smallest absolute Gasteiger partial charge is 0.319 e. The fourth-order valence-corrected chi connectivity index (χ4v) is 5.05. The molecule has 0 radical (unpaired) electrons. The molecule has 0 spiro atoms. The fraction of sp³-hybridized carbons (Fsp3) is 0.588. The number of carbonyl (C=O) groups is 1. The molecule has 2 atom stereocenters. The Morgan fingerprint density at radius 2 is 1.92 bits per heavy atom. The number of anilines is 1. The zero-order valence-electron chi connectivity index (χ0n) is 15.4. The Balaban J connectivity index is 1.84. The molecule has 1 fully saturated rings.